The summed E-state index contributed by atoms with van der Waals surface area (Å²) < 4.78 is 2.17. The van der Waals surface area contributed by atoms with E-state index in [-0.39, 0.29) is 11.8 Å². The van der Waals surface area contributed by atoms with E-state index in [0.29, 0.717) is 0 Å². The summed E-state index contributed by atoms with van der Waals surface area (Å²) >= 11 is 0. The number of nitrogens with zero attached hydrogens (tertiary/aromatic N) is 2. The largest absolute Gasteiger partial charge is 0.329 e. The fourth-order valence-electron chi connectivity index (χ4n) is 3.08. The third-order valence-corrected chi connectivity index (χ3v) is 4.17. The first-order chi connectivity index (χ1) is 9.70. The summed E-state index contributed by atoms with van der Waals surface area (Å²) in [6, 6.07) is 5.88. The second-order valence-electron chi connectivity index (χ2n) is 5.47. The fourth-order valence-corrected chi connectivity index (χ4v) is 3.08. The van der Waals surface area contributed by atoms with E-state index in [9.17, 15) is 4.79 Å². The van der Waals surface area contributed by atoms with Crippen LogP contribution in [0.25, 0.3) is 11.0 Å². The van der Waals surface area contributed by atoms with Gasteiger partial charge in [-0.1, -0.05) is 6.42 Å². The molecule has 3 rings (SSSR count). The Morgan fingerprint density at radius 2 is 2.30 bits per heavy atom. The first-order valence-corrected chi connectivity index (χ1v) is 7.45. The zero-order valence-corrected chi connectivity index (χ0v) is 12.1. The number of benzene rings is 1. The molecule has 0 aliphatic carbocycles. The maximum atomic E-state index is 12.5. The van der Waals surface area contributed by atoms with Crippen LogP contribution in [0.4, 0.5) is 0 Å². The molecule has 20 heavy (non-hydrogen) atoms. The van der Waals surface area contributed by atoms with Crippen molar-refractivity contribution in [2.75, 3.05) is 6.54 Å². The zero-order chi connectivity index (χ0) is 14.1. The van der Waals surface area contributed by atoms with Crippen LogP contribution in [0.1, 0.15) is 42.4 Å². The SMILES string of the molecule is CCn1c(C)nc2cc(C(=O)C3CCCCN3)ccc21. The van der Waals surface area contributed by atoms with Gasteiger partial charge in [-0.3, -0.25) is 4.79 Å². The summed E-state index contributed by atoms with van der Waals surface area (Å²) in [6.45, 7) is 5.97. The summed E-state index contributed by atoms with van der Waals surface area (Å²) in [5.74, 6) is 1.21. The molecule has 106 valence electrons. The number of imidazole rings is 1. The molecule has 4 heteroatoms. The van der Waals surface area contributed by atoms with Crippen LogP contribution in [0, 0.1) is 6.92 Å². The first kappa shape index (κ1) is 13.3. The molecule has 0 radical (unpaired) electrons. The molecule has 4 nitrogen and oxygen atoms in total. The highest BCUT2D eigenvalue weighted by Crippen LogP contribution is 2.20. The molecule has 0 bridgehead atoms. The molecule has 1 N–H and O–H groups in total. The van der Waals surface area contributed by atoms with Crippen LogP contribution in [-0.4, -0.2) is 27.9 Å². The van der Waals surface area contributed by atoms with E-state index in [2.05, 4.69) is 21.8 Å². The van der Waals surface area contributed by atoms with Crippen molar-refractivity contribution in [1.82, 2.24) is 14.9 Å². The van der Waals surface area contributed by atoms with E-state index >= 15 is 0 Å². The van der Waals surface area contributed by atoms with Crippen LogP contribution in [0.15, 0.2) is 18.2 Å². The average molecular weight is 271 g/mol. The van der Waals surface area contributed by atoms with Gasteiger partial charge in [0, 0.05) is 12.1 Å². The standard InChI is InChI=1S/C16H21N3O/c1-3-19-11(2)18-14-10-12(7-8-15(14)19)16(20)13-6-4-5-9-17-13/h7-8,10,13,17H,3-6,9H2,1-2H3. The normalized spacial score (nSPS) is 19.4. The molecular weight excluding hydrogens is 250 g/mol. The topological polar surface area (TPSA) is 46.9 Å². The second-order valence-corrected chi connectivity index (χ2v) is 5.47. The van der Waals surface area contributed by atoms with Gasteiger partial charge < -0.3 is 9.88 Å². The quantitative estimate of drug-likeness (QED) is 0.873. The van der Waals surface area contributed by atoms with Gasteiger partial charge in [0.25, 0.3) is 0 Å². The number of piperidine rings is 1. The fraction of sp³-hybridized carbons (Fsp3) is 0.500. The summed E-state index contributed by atoms with van der Waals surface area (Å²) in [6.07, 6.45) is 3.25. The highest BCUT2D eigenvalue weighted by Gasteiger charge is 2.22. The van der Waals surface area contributed by atoms with E-state index in [1.54, 1.807) is 0 Å². The lowest BCUT2D eigenvalue weighted by molar-refractivity contribution is 0.0927. The molecule has 1 aromatic heterocycles. The number of hydrogen-bond acceptors (Lipinski definition) is 3. The number of nitrogens with one attached hydrogen (secondary N) is 1. The Kier molecular flexibility index (Phi) is 3.57. The Labute approximate surface area is 119 Å². The van der Waals surface area contributed by atoms with Crippen LogP contribution >= 0.6 is 0 Å². The first-order valence-electron chi connectivity index (χ1n) is 7.45. The summed E-state index contributed by atoms with van der Waals surface area (Å²) in [7, 11) is 0. The van der Waals surface area contributed by atoms with Crippen LogP contribution in [0.3, 0.4) is 0 Å². The van der Waals surface area contributed by atoms with E-state index in [1.807, 2.05) is 25.1 Å². The number of rotatable bonds is 3. The Bertz CT molecular complexity index is 638. The van der Waals surface area contributed by atoms with Crippen molar-refractivity contribution in [3.8, 4) is 0 Å². The van der Waals surface area contributed by atoms with Crippen molar-refractivity contribution < 1.29 is 4.79 Å². The molecule has 1 saturated heterocycles. The lowest BCUT2D eigenvalue weighted by atomic mass is 9.96. The van der Waals surface area contributed by atoms with E-state index in [4.69, 9.17) is 0 Å². The number of aryl methyl sites for hydroxylation is 2. The minimum atomic E-state index is -0.0180. The number of ketones is 1. The molecule has 1 atom stereocenters. The molecular formula is C16H21N3O. The van der Waals surface area contributed by atoms with E-state index in [1.165, 1.54) is 6.42 Å². The van der Waals surface area contributed by atoms with Gasteiger partial charge in [0.15, 0.2) is 5.78 Å². The Morgan fingerprint density at radius 3 is 3.00 bits per heavy atom. The molecule has 1 unspecified atom stereocenters. The smallest absolute Gasteiger partial charge is 0.179 e. The molecule has 0 saturated carbocycles. The van der Waals surface area contributed by atoms with Gasteiger partial charge >= 0.3 is 0 Å². The molecule has 2 aromatic rings. The monoisotopic (exact) mass is 271 g/mol. The maximum Gasteiger partial charge on any atom is 0.179 e. The number of carbonyl (C=O) groups is 1. The van der Waals surface area contributed by atoms with Crippen molar-refractivity contribution in [3.05, 3.63) is 29.6 Å². The second kappa shape index (κ2) is 5.37. The highest BCUT2D eigenvalue weighted by molar-refractivity contribution is 6.02. The summed E-state index contributed by atoms with van der Waals surface area (Å²) in [4.78, 5) is 17.1. The number of carbonyl (C=O) groups excluding carboxylic acids is 1. The average Bonchev–Trinajstić information content (AvgIpc) is 2.81. The predicted molar refractivity (Wildman–Crippen MR) is 80.1 cm³/mol. The minimum Gasteiger partial charge on any atom is -0.329 e. The van der Waals surface area contributed by atoms with Gasteiger partial charge in [-0.2, -0.15) is 0 Å². The Hall–Kier alpha value is -1.68. The maximum absolute atomic E-state index is 12.5. The van der Waals surface area contributed by atoms with Crippen LogP contribution in [0.5, 0.6) is 0 Å². The molecule has 1 aliphatic heterocycles. The van der Waals surface area contributed by atoms with Crippen molar-refractivity contribution >= 4 is 16.8 Å². The zero-order valence-electron chi connectivity index (χ0n) is 12.1. The van der Waals surface area contributed by atoms with Gasteiger partial charge in [0.05, 0.1) is 17.1 Å². The highest BCUT2D eigenvalue weighted by atomic mass is 16.1. The van der Waals surface area contributed by atoms with Gasteiger partial charge in [-0.15, -0.1) is 0 Å². The lowest BCUT2D eigenvalue weighted by Crippen LogP contribution is -2.40. The molecule has 2 heterocycles. The van der Waals surface area contributed by atoms with Gasteiger partial charge in [-0.05, 0) is 51.4 Å². The van der Waals surface area contributed by atoms with E-state index in [0.717, 1.165) is 48.4 Å². The number of fused-ring (bicyclic) bond motifs is 1. The van der Waals surface area contributed by atoms with Crippen molar-refractivity contribution in [2.24, 2.45) is 0 Å². The number of hydrogen-bond donors (Lipinski definition) is 1. The van der Waals surface area contributed by atoms with Crippen LogP contribution in [0.2, 0.25) is 0 Å². The molecule has 1 aliphatic rings. The Balaban J connectivity index is 1.94. The van der Waals surface area contributed by atoms with Crippen molar-refractivity contribution in [3.63, 3.8) is 0 Å². The molecule has 1 fully saturated rings. The van der Waals surface area contributed by atoms with Crippen molar-refractivity contribution in [2.45, 2.75) is 45.7 Å². The number of Topliss-reactive ketones (excluding diaryl/α,β-unsaturated/α-hetero) is 1. The summed E-state index contributed by atoms with van der Waals surface area (Å²) in [5.41, 5.74) is 2.81. The molecule has 0 amide bonds. The molecule has 0 spiro atoms. The van der Waals surface area contributed by atoms with Crippen LogP contribution in [-0.2, 0) is 6.54 Å². The predicted octanol–water partition coefficient (Wildman–Crippen LogP) is 2.69. The Morgan fingerprint density at radius 1 is 1.45 bits per heavy atom. The summed E-state index contributed by atoms with van der Waals surface area (Å²) in [5, 5.41) is 3.32. The van der Waals surface area contributed by atoms with Crippen LogP contribution < -0.4 is 5.32 Å². The van der Waals surface area contributed by atoms with Gasteiger partial charge in [0.2, 0.25) is 0 Å². The van der Waals surface area contributed by atoms with Gasteiger partial charge in [-0.25, -0.2) is 4.98 Å². The number of aromatic nitrogens is 2. The lowest BCUT2D eigenvalue weighted by Gasteiger charge is -2.22. The third-order valence-electron chi connectivity index (χ3n) is 4.17. The minimum absolute atomic E-state index is 0.0180. The molecule has 1 aromatic carbocycles. The van der Waals surface area contributed by atoms with Crippen molar-refractivity contribution in [1.29, 1.82) is 0 Å². The van der Waals surface area contributed by atoms with Gasteiger partial charge in [0.1, 0.15) is 5.82 Å². The van der Waals surface area contributed by atoms with E-state index < -0.39 is 0 Å². The third kappa shape index (κ3) is 2.24.